The van der Waals surface area contributed by atoms with Gasteiger partial charge in [-0.3, -0.25) is 4.79 Å². The van der Waals surface area contributed by atoms with E-state index in [-0.39, 0.29) is 11.8 Å². The standard InChI is InChI=1S/C20H17N3O2/c21-12-14-5-3-6-15(11-14)20(24)23-10-4-7-16(13-23)19-22-17-8-1-2-9-18(17)25-19/h1-3,5-6,8-9,11,16H,4,7,10,13H2. The highest BCUT2D eigenvalue weighted by Gasteiger charge is 2.28. The predicted octanol–water partition coefficient (Wildman–Crippen LogP) is 3.72. The molecule has 1 atom stereocenters. The largest absolute Gasteiger partial charge is 0.440 e. The maximum atomic E-state index is 12.8. The fourth-order valence-corrected chi connectivity index (χ4v) is 3.33. The molecule has 1 unspecified atom stereocenters. The summed E-state index contributed by atoms with van der Waals surface area (Å²) >= 11 is 0. The lowest BCUT2D eigenvalue weighted by Gasteiger charge is -2.31. The molecule has 1 fully saturated rings. The maximum absolute atomic E-state index is 12.8. The minimum atomic E-state index is -0.0436. The molecule has 3 aromatic rings. The lowest BCUT2D eigenvalue weighted by atomic mass is 9.97. The molecule has 4 rings (SSSR count). The van der Waals surface area contributed by atoms with E-state index in [2.05, 4.69) is 11.1 Å². The fraction of sp³-hybridized carbons (Fsp3) is 0.250. The first-order valence-corrected chi connectivity index (χ1v) is 8.39. The van der Waals surface area contributed by atoms with Gasteiger partial charge in [-0.1, -0.05) is 18.2 Å². The van der Waals surface area contributed by atoms with E-state index < -0.39 is 0 Å². The van der Waals surface area contributed by atoms with Gasteiger partial charge < -0.3 is 9.32 Å². The van der Waals surface area contributed by atoms with Crippen LogP contribution in [0.4, 0.5) is 0 Å². The second kappa shape index (κ2) is 6.40. The number of likely N-dealkylation sites (tertiary alicyclic amines) is 1. The Morgan fingerprint density at radius 1 is 1.24 bits per heavy atom. The molecule has 0 bridgehead atoms. The summed E-state index contributed by atoms with van der Waals surface area (Å²) < 4.78 is 5.89. The highest BCUT2D eigenvalue weighted by molar-refractivity contribution is 5.94. The summed E-state index contributed by atoms with van der Waals surface area (Å²) in [5, 5.41) is 9.02. The zero-order valence-corrected chi connectivity index (χ0v) is 13.7. The average molecular weight is 331 g/mol. The third-order valence-electron chi connectivity index (χ3n) is 4.61. The molecular formula is C20H17N3O2. The molecule has 2 aromatic carbocycles. The number of hydrogen-bond acceptors (Lipinski definition) is 4. The number of oxazole rings is 1. The van der Waals surface area contributed by atoms with Crippen molar-refractivity contribution in [3.63, 3.8) is 0 Å². The number of carbonyl (C=O) groups excluding carboxylic acids is 1. The predicted molar refractivity (Wildman–Crippen MR) is 93.0 cm³/mol. The summed E-state index contributed by atoms with van der Waals surface area (Å²) in [6.45, 7) is 1.30. The Bertz CT molecular complexity index is 937. The van der Waals surface area contributed by atoms with Crippen molar-refractivity contribution in [2.45, 2.75) is 18.8 Å². The summed E-state index contributed by atoms with van der Waals surface area (Å²) in [6.07, 6.45) is 1.86. The van der Waals surface area contributed by atoms with Crippen molar-refractivity contribution in [2.75, 3.05) is 13.1 Å². The van der Waals surface area contributed by atoms with Crippen LogP contribution in [0, 0.1) is 11.3 Å². The van der Waals surface area contributed by atoms with Gasteiger partial charge in [0.2, 0.25) is 0 Å². The first-order chi connectivity index (χ1) is 12.2. The molecule has 1 aliphatic heterocycles. The number of aromatic nitrogens is 1. The molecular weight excluding hydrogens is 314 g/mol. The molecule has 1 saturated heterocycles. The van der Waals surface area contributed by atoms with E-state index in [0.29, 0.717) is 30.1 Å². The van der Waals surface area contributed by atoms with Gasteiger partial charge >= 0.3 is 0 Å². The molecule has 0 saturated carbocycles. The van der Waals surface area contributed by atoms with Crippen LogP contribution in [0.25, 0.3) is 11.1 Å². The number of carbonyl (C=O) groups is 1. The van der Waals surface area contributed by atoms with Crippen molar-refractivity contribution in [2.24, 2.45) is 0 Å². The molecule has 0 radical (unpaired) electrons. The van der Waals surface area contributed by atoms with Crippen LogP contribution < -0.4 is 0 Å². The topological polar surface area (TPSA) is 70.1 Å². The van der Waals surface area contributed by atoms with Crippen LogP contribution in [0.2, 0.25) is 0 Å². The minimum absolute atomic E-state index is 0.0436. The Morgan fingerprint density at radius 2 is 2.12 bits per heavy atom. The Labute approximate surface area is 145 Å². The second-order valence-corrected chi connectivity index (χ2v) is 6.30. The summed E-state index contributed by atoms with van der Waals surface area (Å²) in [7, 11) is 0. The Balaban J connectivity index is 1.56. The number of para-hydroxylation sites is 2. The normalized spacial score (nSPS) is 17.4. The van der Waals surface area contributed by atoms with Crippen LogP contribution in [0.3, 0.4) is 0 Å². The van der Waals surface area contributed by atoms with Crippen molar-refractivity contribution in [1.82, 2.24) is 9.88 Å². The van der Waals surface area contributed by atoms with Crippen LogP contribution >= 0.6 is 0 Å². The van der Waals surface area contributed by atoms with E-state index >= 15 is 0 Å². The van der Waals surface area contributed by atoms with Crippen LogP contribution in [-0.4, -0.2) is 28.9 Å². The van der Waals surface area contributed by atoms with Gasteiger partial charge in [0.15, 0.2) is 11.5 Å². The lowest BCUT2D eigenvalue weighted by molar-refractivity contribution is 0.0699. The van der Waals surface area contributed by atoms with Gasteiger partial charge in [0.05, 0.1) is 17.6 Å². The number of nitrogens with zero attached hydrogens (tertiary/aromatic N) is 3. The summed E-state index contributed by atoms with van der Waals surface area (Å²) in [4.78, 5) is 19.2. The van der Waals surface area contributed by atoms with Gasteiger partial charge in [0.1, 0.15) is 5.52 Å². The molecule has 25 heavy (non-hydrogen) atoms. The monoisotopic (exact) mass is 331 g/mol. The molecule has 0 aliphatic carbocycles. The molecule has 0 N–H and O–H groups in total. The zero-order chi connectivity index (χ0) is 17.2. The quantitative estimate of drug-likeness (QED) is 0.717. The van der Waals surface area contributed by atoms with E-state index in [1.54, 1.807) is 24.3 Å². The number of rotatable bonds is 2. The van der Waals surface area contributed by atoms with Gasteiger partial charge in [-0.25, -0.2) is 4.98 Å². The van der Waals surface area contributed by atoms with Gasteiger partial charge in [-0.2, -0.15) is 5.26 Å². The van der Waals surface area contributed by atoms with Crippen LogP contribution in [0.5, 0.6) is 0 Å². The molecule has 0 spiro atoms. The number of nitriles is 1. The summed E-state index contributed by atoms with van der Waals surface area (Å²) in [5.41, 5.74) is 2.68. The fourth-order valence-electron chi connectivity index (χ4n) is 3.33. The number of benzene rings is 2. The Kier molecular flexibility index (Phi) is 3.95. The SMILES string of the molecule is N#Cc1cccc(C(=O)N2CCCC(c3nc4ccccc4o3)C2)c1. The highest BCUT2D eigenvalue weighted by Crippen LogP contribution is 2.29. The molecule has 1 aromatic heterocycles. The smallest absolute Gasteiger partial charge is 0.253 e. The van der Waals surface area contributed by atoms with E-state index in [0.717, 1.165) is 23.9 Å². The molecule has 1 amide bonds. The maximum Gasteiger partial charge on any atom is 0.253 e. The number of piperidine rings is 1. The molecule has 5 heteroatoms. The Hall–Kier alpha value is -3.13. The first-order valence-electron chi connectivity index (χ1n) is 8.39. The van der Waals surface area contributed by atoms with E-state index in [1.807, 2.05) is 29.2 Å². The highest BCUT2D eigenvalue weighted by atomic mass is 16.3. The van der Waals surface area contributed by atoms with Crippen LogP contribution in [0.1, 0.15) is 40.6 Å². The van der Waals surface area contributed by atoms with Gasteiger partial charge in [-0.05, 0) is 43.2 Å². The number of hydrogen-bond donors (Lipinski definition) is 0. The first kappa shape index (κ1) is 15.4. The van der Waals surface area contributed by atoms with E-state index in [9.17, 15) is 4.79 Å². The molecule has 2 heterocycles. The average Bonchev–Trinajstić information content (AvgIpc) is 3.12. The van der Waals surface area contributed by atoms with Gasteiger partial charge in [0, 0.05) is 18.7 Å². The van der Waals surface area contributed by atoms with Crippen LogP contribution in [-0.2, 0) is 0 Å². The summed E-state index contributed by atoms with van der Waals surface area (Å²) in [5.74, 6) is 0.756. The van der Waals surface area contributed by atoms with Gasteiger partial charge in [0.25, 0.3) is 5.91 Å². The zero-order valence-electron chi connectivity index (χ0n) is 13.7. The lowest BCUT2D eigenvalue weighted by Crippen LogP contribution is -2.39. The van der Waals surface area contributed by atoms with E-state index in [1.165, 1.54) is 0 Å². The Morgan fingerprint density at radius 3 is 2.96 bits per heavy atom. The van der Waals surface area contributed by atoms with Crippen molar-refractivity contribution in [1.29, 1.82) is 5.26 Å². The second-order valence-electron chi connectivity index (χ2n) is 6.30. The van der Waals surface area contributed by atoms with Crippen LogP contribution in [0.15, 0.2) is 52.9 Å². The van der Waals surface area contributed by atoms with Crippen molar-refractivity contribution < 1.29 is 9.21 Å². The molecule has 5 nitrogen and oxygen atoms in total. The minimum Gasteiger partial charge on any atom is -0.440 e. The van der Waals surface area contributed by atoms with Crippen molar-refractivity contribution in [3.05, 3.63) is 65.5 Å². The van der Waals surface area contributed by atoms with E-state index in [4.69, 9.17) is 9.68 Å². The van der Waals surface area contributed by atoms with Gasteiger partial charge in [-0.15, -0.1) is 0 Å². The van der Waals surface area contributed by atoms with Crippen molar-refractivity contribution >= 4 is 17.0 Å². The van der Waals surface area contributed by atoms with Crippen molar-refractivity contribution in [3.8, 4) is 6.07 Å². The summed E-state index contributed by atoms with van der Waals surface area (Å²) in [6, 6.07) is 16.6. The molecule has 124 valence electrons. The third-order valence-corrected chi connectivity index (χ3v) is 4.61. The number of fused-ring (bicyclic) bond motifs is 1. The molecule has 1 aliphatic rings. The number of amides is 1. The third kappa shape index (κ3) is 2.99.